The summed E-state index contributed by atoms with van der Waals surface area (Å²) in [5, 5.41) is 14.2. The van der Waals surface area contributed by atoms with Crippen molar-refractivity contribution in [3.05, 3.63) is 89.6 Å². The van der Waals surface area contributed by atoms with E-state index in [4.69, 9.17) is 5.26 Å². The predicted molar refractivity (Wildman–Crippen MR) is 144 cm³/mol. The number of aromatic amines is 1. The van der Waals surface area contributed by atoms with Gasteiger partial charge in [0.1, 0.15) is 41.1 Å². The molecule has 2 aromatic carbocycles. The number of hydrogen-bond acceptors (Lipinski definition) is 8. The quantitative estimate of drug-likeness (QED) is 0.168. The van der Waals surface area contributed by atoms with E-state index in [9.17, 15) is 22.4 Å². The SMILES string of the molecule is CC(C)(C#N)c1cc(C=O)cc(F)c1F.CNc1ccc(F)c(Nc2ncccc2-c2ncnc3nc[nH]c23)c1F. The Hall–Kier alpha value is -5.38. The lowest BCUT2D eigenvalue weighted by Crippen LogP contribution is -2.17. The third kappa shape index (κ3) is 5.81. The highest BCUT2D eigenvalue weighted by Crippen LogP contribution is 2.33. The Kier molecular flexibility index (Phi) is 8.23. The number of aromatic nitrogens is 5. The minimum absolute atomic E-state index is 0.0206. The van der Waals surface area contributed by atoms with Crippen molar-refractivity contribution in [3.8, 4) is 17.3 Å². The van der Waals surface area contributed by atoms with Crippen molar-refractivity contribution in [2.24, 2.45) is 0 Å². The maximum Gasteiger partial charge on any atom is 0.181 e. The van der Waals surface area contributed by atoms with E-state index < -0.39 is 28.7 Å². The van der Waals surface area contributed by atoms with Gasteiger partial charge in [-0.1, -0.05) is 0 Å². The van der Waals surface area contributed by atoms with Crippen LogP contribution in [0.4, 0.5) is 34.8 Å². The number of H-pyrrole nitrogens is 1. The average molecular weight is 563 g/mol. The second-order valence-electron chi connectivity index (χ2n) is 9.10. The lowest BCUT2D eigenvalue weighted by Gasteiger charge is -2.17. The zero-order valence-electron chi connectivity index (χ0n) is 21.9. The number of nitrogens with zero attached hydrogens (tertiary/aromatic N) is 5. The van der Waals surface area contributed by atoms with Crippen LogP contribution < -0.4 is 10.6 Å². The Bertz CT molecular complexity index is 1780. The summed E-state index contributed by atoms with van der Waals surface area (Å²) in [6.45, 7) is 2.92. The lowest BCUT2D eigenvalue weighted by molar-refractivity contribution is 0.112. The van der Waals surface area contributed by atoms with Gasteiger partial charge in [0, 0.05) is 29.9 Å². The molecule has 0 aliphatic carbocycles. The molecule has 208 valence electrons. The summed E-state index contributed by atoms with van der Waals surface area (Å²) < 4.78 is 55.1. The molecule has 0 unspecified atom stereocenters. The van der Waals surface area contributed by atoms with Gasteiger partial charge in [-0.3, -0.25) is 4.79 Å². The number of fused-ring (bicyclic) bond motifs is 1. The molecule has 0 bridgehead atoms. The van der Waals surface area contributed by atoms with Gasteiger partial charge in [-0.15, -0.1) is 0 Å². The van der Waals surface area contributed by atoms with Crippen LogP contribution in [0.5, 0.6) is 0 Å². The number of nitriles is 1. The molecule has 13 heteroatoms. The summed E-state index contributed by atoms with van der Waals surface area (Å²) in [4.78, 5) is 30.1. The number of anilines is 3. The first-order chi connectivity index (χ1) is 19.6. The fourth-order valence-electron chi connectivity index (χ4n) is 3.84. The lowest BCUT2D eigenvalue weighted by atomic mass is 9.85. The van der Waals surface area contributed by atoms with Gasteiger partial charge in [-0.25, -0.2) is 37.5 Å². The first-order valence-corrected chi connectivity index (χ1v) is 12.0. The van der Waals surface area contributed by atoms with Crippen molar-refractivity contribution in [1.29, 1.82) is 5.26 Å². The number of pyridine rings is 1. The van der Waals surface area contributed by atoms with Crippen LogP contribution in [0, 0.1) is 34.6 Å². The summed E-state index contributed by atoms with van der Waals surface area (Å²) in [5.41, 5.74) is 0.791. The number of imidazole rings is 1. The van der Waals surface area contributed by atoms with Crippen LogP contribution in [0.1, 0.15) is 29.8 Å². The zero-order valence-corrected chi connectivity index (χ0v) is 21.9. The number of benzene rings is 2. The van der Waals surface area contributed by atoms with E-state index in [1.165, 1.54) is 50.9 Å². The maximum absolute atomic E-state index is 14.5. The summed E-state index contributed by atoms with van der Waals surface area (Å²) in [7, 11) is 1.56. The normalized spacial score (nSPS) is 10.9. The summed E-state index contributed by atoms with van der Waals surface area (Å²) in [5.74, 6) is -3.40. The molecule has 5 aromatic rings. The summed E-state index contributed by atoms with van der Waals surface area (Å²) in [6.07, 6.45) is 4.81. The van der Waals surface area contributed by atoms with E-state index in [-0.39, 0.29) is 28.3 Å². The van der Waals surface area contributed by atoms with Gasteiger partial charge < -0.3 is 15.6 Å². The van der Waals surface area contributed by atoms with Crippen molar-refractivity contribution in [2.45, 2.75) is 19.3 Å². The van der Waals surface area contributed by atoms with Crippen molar-refractivity contribution < 1.29 is 22.4 Å². The Morgan fingerprint density at radius 2 is 1.78 bits per heavy atom. The molecule has 9 nitrogen and oxygen atoms in total. The molecule has 0 saturated heterocycles. The molecule has 5 rings (SSSR count). The van der Waals surface area contributed by atoms with Crippen LogP contribution in [0.3, 0.4) is 0 Å². The van der Waals surface area contributed by atoms with Crippen LogP contribution in [0.2, 0.25) is 0 Å². The standard InChI is InChI=1S/C17H13F2N7.C11H9F2NO/c1-20-11-5-4-10(18)14(12(11)19)26-16-9(3-2-6-21-16)13-15-17(24-7-22-13)25-8-23-15;1-11(2,6-14)8-3-7(5-15)4-9(12)10(8)13/h2-8,20H,1H3,(H,21,26)(H,22,23,24,25);3-5H,1-2H3. The van der Waals surface area contributed by atoms with E-state index in [0.29, 0.717) is 28.7 Å². The van der Waals surface area contributed by atoms with E-state index in [2.05, 4.69) is 35.6 Å². The third-order valence-electron chi connectivity index (χ3n) is 6.03. The molecule has 0 atom stereocenters. The first kappa shape index (κ1) is 28.6. The fraction of sp³-hybridized carbons (Fsp3) is 0.143. The van der Waals surface area contributed by atoms with Crippen molar-refractivity contribution >= 4 is 34.6 Å². The van der Waals surface area contributed by atoms with Gasteiger partial charge in [0.05, 0.1) is 23.5 Å². The number of rotatable bonds is 6. The minimum atomic E-state index is -1.16. The number of carbonyl (C=O) groups is 1. The largest absolute Gasteiger partial charge is 0.386 e. The second kappa shape index (κ2) is 11.8. The van der Waals surface area contributed by atoms with Gasteiger partial charge in [-0.2, -0.15) is 5.26 Å². The van der Waals surface area contributed by atoms with Crippen molar-refractivity contribution in [1.82, 2.24) is 24.9 Å². The second-order valence-corrected chi connectivity index (χ2v) is 9.10. The highest BCUT2D eigenvalue weighted by Gasteiger charge is 2.26. The number of hydrogen-bond donors (Lipinski definition) is 3. The molecule has 0 saturated carbocycles. The number of carbonyl (C=O) groups excluding carboxylic acids is 1. The van der Waals surface area contributed by atoms with Gasteiger partial charge in [0.25, 0.3) is 0 Å². The molecule has 3 aromatic heterocycles. The Balaban J connectivity index is 0.000000221. The highest BCUT2D eigenvalue weighted by molar-refractivity contribution is 5.91. The Labute approximate surface area is 231 Å². The fourth-order valence-corrected chi connectivity index (χ4v) is 3.84. The smallest absolute Gasteiger partial charge is 0.181 e. The molecule has 0 aliphatic rings. The number of halogens is 4. The van der Waals surface area contributed by atoms with Gasteiger partial charge in [0.15, 0.2) is 23.1 Å². The number of aldehydes is 1. The van der Waals surface area contributed by atoms with E-state index in [0.717, 1.165) is 6.07 Å². The summed E-state index contributed by atoms with van der Waals surface area (Å²) >= 11 is 0. The van der Waals surface area contributed by atoms with Crippen LogP contribution >= 0.6 is 0 Å². The molecule has 41 heavy (non-hydrogen) atoms. The maximum atomic E-state index is 14.5. The molecule has 3 N–H and O–H groups in total. The molecule has 0 radical (unpaired) electrons. The first-order valence-electron chi connectivity index (χ1n) is 12.0. The molecule has 3 heterocycles. The van der Waals surface area contributed by atoms with Gasteiger partial charge in [0.2, 0.25) is 0 Å². The van der Waals surface area contributed by atoms with Crippen molar-refractivity contribution in [3.63, 3.8) is 0 Å². The third-order valence-corrected chi connectivity index (χ3v) is 6.03. The van der Waals surface area contributed by atoms with Crippen molar-refractivity contribution in [2.75, 3.05) is 17.7 Å². The summed E-state index contributed by atoms with van der Waals surface area (Å²) in [6, 6.07) is 9.81. The van der Waals surface area contributed by atoms with Gasteiger partial charge >= 0.3 is 0 Å². The van der Waals surface area contributed by atoms with E-state index >= 15 is 0 Å². The Morgan fingerprint density at radius 1 is 1.00 bits per heavy atom. The molecule has 0 amide bonds. The van der Waals surface area contributed by atoms with Crippen LogP contribution in [0.15, 0.2) is 55.2 Å². The average Bonchev–Trinajstić information content (AvgIpc) is 3.46. The molecular formula is C28H22F4N8O. The topological polar surface area (TPSA) is 132 Å². The molecule has 0 aliphatic heterocycles. The van der Waals surface area contributed by atoms with Crippen LogP contribution in [-0.4, -0.2) is 38.3 Å². The number of nitrogens with one attached hydrogen (secondary N) is 3. The monoisotopic (exact) mass is 562 g/mol. The minimum Gasteiger partial charge on any atom is -0.386 e. The zero-order chi connectivity index (χ0) is 29.7. The van der Waals surface area contributed by atoms with Crippen LogP contribution in [0.25, 0.3) is 22.4 Å². The molecule has 0 fully saturated rings. The van der Waals surface area contributed by atoms with Gasteiger partial charge in [-0.05, 0) is 50.2 Å². The Morgan fingerprint density at radius 3 is 2.49 bits per heavy atom. The highest BCUT2D eigenvalue weighted by atomic mass is 19.2. The molecular weight excluding hydrogens is 540 g/mol. The van der Waals surface area contributed by atoms with E-state index in [1.807, 2.05) is 6.07 Å². The van der Waals surface area contributed by atoms with Crippen LogP contribution in [-0.2, 0) is 5.41 Å². The molecule has 0 spiro atoms. The van der Waals surface area contributed by atoms with E-state index in [1.54, 1.807) is 19.2 Å². The predicted octanol–water partition coefficient (Wildman–Crippen LogP) is 6.06.